The molecule has 0 spiro atoms. The van der Waals surface area contributed by atoms with Crippen molar-refractivity contribution in [3.8, 4) is 18.1 Å². The Balaban J connectivity index is 2.99. The van der Waals surface area contributed by atoms with Gasteiger partial charge in [0.2, 0.25) is 0 Å². The third kappa shape index (κ3) is 3.18. The molecule has 0 saturated carbocycles. The van der Waals surface area contributed by atoms with Crippen molar-refractivity contribution in [2.75, 3.05) is 6.61 Å². The molecule has 15 heavy (non-hydrogen) atoms. The lowest BCUT2D eigenvalue weighted by Gasteiger charge is -2.11. The van der Waals surface area contributed by atoms with Gasteiger partial charge in [-0.15, -0.1) is 12.3 Å². The van der Waals surface area contributed by atoms with Crippen LogP contribution in [0.25, 0.3) is 0 Å². The minimum absolute atomic E-state index is 0.657. The maximum Gasteiger partial charge on any atom is 0.122 e. The largest absolute Gasteiger partial charge is 0.494 e. The maximum atomic E-state index is 6.06. The van der Waals surface area contributed by atoms with Crippen LogP contribution in [0.5, 0.6) is 5.75 Å². The highest BCUT2D eigenvalue weighted by atomic mass is 35.5. The molecule has 0 atom stereocenters. The summed E-state index contributed by atoms with van der Waals surface area (Å²) in [5.74, 6) is 3.52. The van der Waals surface area contributed by atoms with E-state index in [1.807, 2.05) is 26.0 Å². The van der Waals surface area contributed by atoms with Crippen LogP contribution in [0.1, 0.15) is 24.5 Å². The number of terminal acetylenes is 1. The zero-order chi connectivity index (χ0) is 11.3. The molecular weight excluding hydrogens is 208 g/mol. The SMILES string of the molecule is C#CCCc1cc(Cl)c(C)cc1OCC. The van der Waals surface area contributed by atoms with Crippen LogP contribution in [0.3, 0.4) is 0 Å². The number of hydrogen-bond acceptors (Lipinski definition) is 1. The van der Waals surface area contributed by atoms with E-state index in [1.54, 1.807) is 0 Å². The molecule has 0 N–H and O–H groups in total. The summed E-state index contributed by atoms with van der Waals surface area (Å²) in [5.41, 5.74) is 2.12. The third-order valence-electron chi connectivity index (χ3n) is 2.18. The summed E-state index contributed by atoms with van der Waals surface area (Å²) in [6.07, 6.45) is 6.76. The number of halogens is 1. The van der Waals surface area contributed by atoms with Gasteiger partial charge in [-0.2, -0.15) is 0 Å². The summed E-state index contributed by atoms with van der Waals surface area (Å²) in [6.45, 7) is 4.59. The second-order valence-electron chi connectivity index (χ2n) is 3.35. The number of ether oxygens (including phenoxy) is 1. The molecule has 0 aliphatic carbocycles. The summed E-state index contributed by atoms with van der Waals surface area (Å²) in [7, 11) is 0. The van der Waals surface area contributed by atoms with Gasteiger partial charge in [0.1, 0.15) is 5.75 Å². The lowest BCUT2D eigenvalue weighted by atomic mass is 10.1. The molecule has 80 valence electrons. The average molecular weight is 223 g/mol. The van der Waals surface area contributed by atoms with Crippen molar-refractivity contribution in [2.45, 2.75) is 26.7 Å². The average Bonchev–Trinajstić information content (AvgIpc) is 2.21. The molecule has 0 heterocycles. The highest BCUT2D eigenvalue weighted by molar-refractivity contribution is 6.31. The normalized spacial score (nSPS) is 9.73. The van der Waals surface area contributed by atoms with Gasteiger partial charge >= 0.3 is 0 Å². The zero-order valence-electron chi connectivity index (χ0n) is 9.14. The Kier molecular flexibility index (Phi) is 4.52. The van der Waals surface area contributed by atoms with E-state index in [9.17, 15) is 0 Å². The predicted octanol–water partition coefficient (Wildman–Crippen LogP) is 3.61. The molecule has 1 nitrogen and oxygen atoms in total. The first-order chi connectivity index (χ1) is 7.19. The van der Waals surface area contributed by atoms with E-state index in [2.05, 4.69) is 5.92 Å². The van der Waals surface area contributed by atoms with E-state index in [0.717, 1.165) is 28.3 Å². The Hall–Kier alpha value is -1.13. The van der Waals surface area contributed by atoms with Crippen LogP contribution >= 0.6 is 11.6 Å². The van der Waals surface area contributed by atoms with Gasteiger partial charge in [0, 0.05) is 11.4 Å². The smallest absolute Gasteiger partial charge is 0.122 e. The second kappa shape index (κ2) is 5.68. The van der Waals surface area contributed by atoms with E-state index in [-0.39, 0.29) is 0 Å². The summed E-state index contributed by atoms with van der Waals surface area (Å²) < 4.78 is 5.54. The van der Waals surface area contributed by atoms with Crippen LogP contribution in [0.2, 0.25) is 5.02 Å². The Morgan fingerprint density at radius 1 is 1.47 bits per heavy atom. The van der Waals surface area contributed by atoms with Crippen LogP contribution in [-0.4, -0.2) is 6.61 Å². The van der Waals surface area contributed by atoms with Crippen molar-refractivity contribution in [1.29, 1.82) is 0 Å². The first-order valence-corrected chi connectivity index (χ1v) is 5.42. The van der Waals surface area contributed by atoms with Crippen LogP contribution in [0.4, 0.5) is 0 Å². The molecule has 2 heteroatoms. The van der Waals surface area contributed by atoms with Gasteiger partial charge in [0.05, 0.1) is 6.61 Å². The molecule has 0 aromatic heterocycles. The molecule has 0 unspecified atom stereocenters. The first-order valence-electron chi connectivity index (χ1n) is 5.04. The second-order valence-corrected chi connectivity index (χ2v) is 3.75. The summed E-state index contributed by atoms with van der Waals surface area (Å²) >= 11 is 6.06. The lowest BCUT2D eigenvalue weighted by Crippen LogP contribution is -1.97. The van der Waals surface area contributed by atoms with Gasteiger partial charge in [-0.25, -0.2) is 0 Å². The zero-order valence-corrected chi connectivity index (χ0v) is 9.90. The molecule has 1 aromatic carbocycles. The third-order valence-corrected chi connectivity index (χ3v) is 2.59. The van der Waals surface area contributed by atoms with Gasteiger partial charge in [0.15, 0.2) is 0 Å². The minimum Gasteiger partial charge on any atom is -0.494 e. The molecular formula is C13H15ClO. The van der Waals surface area contributed by atoms with Crippen LogP contribution in [-0.2, 0) is 6.42 Å². The van der Waals surface area contributed by atoms with Gasteiger partial charge in [-0.1, -0.05) is 11.6 Å². The van der Waals surface area contributed by atoms with E-state index < -0.39 is 0 Å². The molecule has 0 bridgehead atoms. The van der Waals surface area contributed by atoms with Crippen molar-refractivity contribution in [3.63, 3.8) is 0 Å². The molecule has 0 amide bonds. The molecule has 0 aliphatic heterocycles. The van der Waals surface area contributed by atoms with Crippen molar-refractivity contribution in [1.82, 2.24) is 0 Å². The minimum atomic E-state index is 0.657. The number of rotatable bonds is 4. The van der Waals surface area contributed by atoms with Crippen molar-refractivity contribution < 1.29 is 4.74 Å². The number of hydrogen-bond donors (Lipinski definition) is 0. The summed E-state index contributed by atoms with van der Waals surface area (Å²) in [4.78, 5) is 0. The molecule has 0 radical (unpaired) electrons. The highest BCUT2D eigenvalue weighted by Gasteiger charge is 2.06. The first kappa shape index (κ1) is 11.9. The quantitative estimate of drug-likeness (QED) is 0.708. The number of aryl methyl sites for hydroxylation is 2. The van der Waals surface area contributed by atoms with Crippen molar-refractivity contribution in [3.05, 3.63) is 28.3 Å². The standard InChI is InChI=1S/C13H15ClO/c1-4-6-7-11-9-12(14)10(3)8-13(11)15-5-2/h1,8-9H,5-7H2,2-3H3. The summed E-state index contributed by atoms with van der Waals surface area (Å²) in [6, 6.07) is 3.91. The van der Waals surface area contributed by atoms with Crippen LogP contribution < -0.4 is 4.74 Å². The van der Waals surface area contributed by atoms with Crippen molar-refractivity contribution in [2.24, 2.45) is 0 Å². The summed E-state index contributed by atoms with van der Waals surface area (Å²) in [5, 5.41) is 0.769. The molecule has 0 aliphatic rings. The van der Waals surface area contributed by atoms with E-state index in [1.165, 1.54) is 0 Å². The van der Waals surface area contributed by atoms with Crippen molar-refractivity contribution >= 4 is 11.6 Å². The van der Waals surface area contributed by atoms with E-state index in [4.69, 9.17) is 22.8 Å². The Labute approximate surface area is 96.4 Å². The predicted molar refractivity (Wildman–Crippen MR) is 64.5 cm³/mol. The van der Waals surface area contributed by atoms with Gasteiger partial charge in [-0.05, 0) is 43.5 Å². The lowest BCUT2D eigenvalue weighted by molar-refractivity contribution is 0.336. The van der Waals surface area contributed by atoms with Crippen LogP contribution in [0.15, 0.2) is 12.1 Å². The maximum absolute atomic E-state index is 6.06. The fourth-order valence-corrected chi connectivity index (χ4v) is 1.57. The topological polar surface area (TPSA) is 9.23 Å². The molecule has 1 aromatic rings. The van der Waals surface area contributed by atoms with E-state index in [0.29, 0.717) is 13.0 Å². The van der Waals surface area contributed by atoms with Gasteiger partial charge in [-0.3, -0.25) is 0 Å². The number of benzene rings is 1. The monoisotopic (exact) mass is 222 g/mol. The van der Waals surface area contributed by atoms with Gasteiger partial charge < -0.3 is 4.74 Å². The molecule has 0 fully saturated rings. The fraction of sp³-hybridized carbons (Fsp3) is 0.385. The van der Waals surface area contributed by atoms with Crippen LogP contribution in [0, 0.1) is 19.3 Å². The molecule has 0 saturated heterocycles. The Bertz CT molecular complexity index is 377. The Morgan fingerprint density at radius 3 is 2.80 bits per heavy atom. The Morgan fingerprint density at radius 2 is 2.20 bits per heavy atom. The fourth-order valence-electron chi connectivity index (χ4n) is 1.39. The van der Waals surface area contributed by atoms with E-state index >= 15 is 0 Å². The van der Waals surface area contributed by atoms with Gasteiger partial charge in [0.25, 0.3) is 0 Å². The molecule has 1 rings (SSSR count). The highest BCUT2D eigenvalue weighted by Crippen LogP contribution is 2.27.